The monoisotopic (exact) mass is 507 g/mol. The number of hydrogen-bond donors (Lipinski definition) is 1. The molecule has 1 aliphatic heterocycles. The van der Waals surface area contributed by atoms with Gasteiger partial charge in [-0.3, -0.25) is 9.48 Å². The molecule has 1 aliphatic rings. The van der Waals surface area contributed by atoms with E-state index in [1.165, 1.54) is 19.3 Å². The van der Waals surface area contributed by atoms with Gasteiger partial charge >= 0.3 is 0 Å². The molecule has 3 heterocycles. The molecule has 0 atom stereocenters. The molecule has 0 radical (unpaired) electrons. The summed E-state index contributed by atoms with van der Waals surface area (Å²) >= 11 is 3.92. The van der Waals surface area contributed by atoms with Crippen molar-refractivity contribution in [2.45, 2.75) is 32.7 Å². The normalized spacial score (nSPS) is 14.3. The van der Waals surface area contributed by atoms with Crippen LogP contribution in [-0.2, 0) is 6.54 Å². The molecule has 1 fully saturated rings. The molecule has 0 unspecified atom stereocenters. The maximum Gasteiger partial charge on any atom is 0.273 e. The fourth-order valence-electron chi connectivity index (χ4n) is 3.33. The van der Waals surface area contributed by atoms with Crippen LogP contribution in [0.3, 0.4) is 0 Å². The number of aryl methyl sites for hydroxylation is 1. The zero-order chi connectivity index (χ0) is 19.5. The van der Waals surface area contributed by atoms with Crippen molar-refractivity contribution in [1.29, 1.82) is 0 Å². The molecule has 0 aliphatic carbocycles. The zero-order valence-electron chi connectivity index (χ0n) is 15.7. The second kappa shape index (κ2) is 8.60. The van der Waals surface area contributed by atoms with Gasteiger partial charge in [-0.2, -0.15) is 5.10 Å². The van der Waals surface area contributed by atoms with Gasteiger partial charge in [-0.15, -0.1) is 11.3 Å². The number of halogens is 1. The Balaban J connectivity index is 1.49. The number of anilines is 2. The highest BCUT2D eigenvalue weighted by atomic mass is 127. The summed E-state index contributed by atoms with van der Waals surface area (Å²) in [5.41, 5.74) is 3.08. The average Bonchev–Trinajstić information content (AvgIpc) is 3.31. The SMILES string of the molecule is Cc1cc(C(=O)Nc2ccc(I)cc2)n(Cc2csc(N3CCCCC3)n2)n1. The minimum absolute atomic E-state index is 0.159. The van der Waals surface area contributed by atoms with E-state index in [4.69, 9.17) is 4.98 Å². The molecule has 0 bridgehead atoms. The van der Waals surface area contributed by atoms with Gasteiger partial charge in [0.2, 0.25) is 0 Å². The highest BCUT2D eigenvalue weighted by molar-refractivity contribution is 14.1. The number of piperidine rings is 1. The number of amides is 1. The lowest BCUT2D eigenvalue weighted by molar-refractivity contribution is 0.101. The lowest BCUT2D eigenvalue weighted by Crippen LogP contribution is -2.29. The summed E-state index contributed by atoms with van der Waals surface area (Å²) in [5.74, 6) is -0.159. The van der Waals surface area contributed by atoms with E-state index in [-0.39, 0.29) is 5.91 Å². The van der Waals surface area contributed by atoms with E-state index in [0.29, 0.717) is 12.2 Å². The molecule has 1 aromatic carbocycles. The second-order valence-corrected chi connectivity index (χ2v) is 9.04. The molecule has 2 aromatic heterocycles. The van der Waals surface area contributed by atoms with Gasteiger partial charge in [0.25, 0.3) is 5.91 Å². The summed E-state index contributed by atoms with van der Waals surface area (Å²) in [6, 6.07) is 9.56. The van der Waals surface area contributed by atoms with Crippen molar-refractivity contribution in [3.05, 3.63) is 56.4 Å². The summed E-state index contributed by atoms with van der Waals surface area (Å²) in [7, 11) is 0. The zero-order valence-corrected chi connectivity index (χ0v) is 18.7. The maximum absolute atomic E-state index is 12.8. The Hall–Kier alpha value is -1.94. The van der Waals surface area contributed by atoms with Gasteiger partial charge < -0.3 is 10.2 Å². The first-order chi connectivity index (χ1) is 13.6. The average molecular weight is 507 g/mol. The number of hydrogen-bond acceptors (Lipinski definition) is 5. The smallest absolute Gasteiger partial charge is 0.273 e. The van der Waals surface area contributed by atoms with E-state index in [0.717, 1.165) is 38.9 Å². The van der Waals surface area contributed by atoms with Crippen molar-refractivity contribution in [3.63, 3.8) is 0 Å². The predicted octanol–water partition coefficient (Wildman–Crippen LogP) is 4.54. The van der Waals surface area contributed by atoms with Crippen LogP contribution in [0.5, 0.6) is 0 Å². The maximum atomic E-state index is 12.8. The molecule has 3 aromatic rings. The van der Waals surface area contributed by atoms with Crippen LogP contribution >= 0.6 is 33.9 Å². The lowest BCUT2D eigenvalue weighted by atomic mass is 10.1. The molecule has 4 rings (SSSR count). The fraction of sp³-hybridized carbons (Fsp3) is 0.350. The van der Waals surface area contributed by atoms with Crippen LogP contribution in [0.2, 0.25) is 0 Å². The number of thiazole rings is 1. The topological polar surface area (TPSA) is 63.1 Å². The van der Waals surface area contributed by atoms with Crippen molar-refractivity contribution in [3.8, 4) is 0 Å². The van der Waals surface area contributed by atoms with E-state index in [1.807, 2.05) is 37.3 Å². The van der Waals surface area contributed by atoms with Crippen LogP contribution in [0, 0.1) is 10.5 Å². The first-order valence-corrected chi connectivity index (χ1v) is 11.3. The van der Waals surface area contributed by atoms with E-state index in [1.54, 1.807) is 16.0 Å². The molecular formula is C20H22IN5OS. The Labute approximate surface area is 182 Å². The predicted molar refractivity (Wildman–Crippen MR) is 121 cm³/mol. The Kier molecular flexibility index (Phi) is 5.96. The number of nitrogens with one attached hydrogen (secondary N) is 1. The molecule has 146 valence electrons. The molecule has 1 N–H and O–H groups in total. The van der Waals surface area contributed by atoms with Crippen LogP contribution in [-0.4, -0.2) is 33.8 Å². The molecule has 28 heavy (non-hydrogen) atoms. The van der Waals surface area contributed by atoms with Gasteiger partial charge in [0.15, 0.2) is 5.13 Å². The van der Waals surface area contributed by atoms with Crippen molar-refractivity contribution < 1.29 is 4.79 Å². The van der Waals surface area contributed by atoms with Gasteiger partial charge in [-0.05, 0) is 79.1 Å². The summed E-state index contributed by atoms with van der Waals surface area (Å²) in [6.45, 7) is 4.56. The summed E-state index contributed by atoms with van der Waals surface area (Å²) in [6.07, 6.45) is 3.77. The molecule has 0 spiro atoms. The first kappa shape index (κ1) is 19.4. The van der Waals surface area contributed by atoms with Gasteiger partial charge in [-0.25, -0.2) is 4.98 Å². The fourth-order valence-corrected chi connectivity index (χ4v) is 4.56. The summed E-state index contributed by atoms with van der Waals surface area (Å²) in [5, 5.41) is 10.6. The first-order valence-electron chi connectivity index (χ1n) is 9.39. The third-order valence-electron chi connectivity index (χ3n) is 4.71. The van der Waals surface area contributed by atoms with E-state index in [2.05, 4.69) is 43.3 Å². The van der Waals surface area contributed by atoms with Gasteiger partial charge in [-0.1, -0.05) is 0 Å². The van der Waals surface area contributed by atoms with Gasteiger partial charge in [0.1, 0.15) is 5.69 Å². The second-order valence-electron chi connectivity index (χ2n) is 6.96. The minimum Gasteiger partial charge on any atom is -0.348 e. The molecule has 8 heteroatoms. The van der Waals surface area contributed by atoms with E-state index in [9.17, 15) is 4.79 Å². The highest BCUT2D eigenvalue weighted by Gasteiger charge is 2.18. The van der Waals surface area contributed by atoms with Crippen molar-refractivity contribution in [2.24, 2.45) is 0 Å². The number of benzene rings is 1. The van der Waals surface area contributed by atoms with E-state index >= 15 is 0 Å². The third kappa shape index (κ3) is 4.54. The molecular weight excluding hydrogens is 485 g/mol. The van der Waals surface area contributed by atoms with Crippen LogP contribution in [0.25, 0.3) is 0 Å². The molecule has 6 nitrogen and oxygen atoms in total. The van der Waals surface area contributed by atoms with Crippen LogP contribution in [0.4, 0.5) is 10.8 Å². The summed E-state index contributed by atoms with van der Waals surface area (Å²) < 4.78 is 2.87. The van der Waals surface area contributed by atoms with Crippen LogP contribution < -0.4 is 10.2 Å². The van der Waals surface area contributed by atoms with Crippen molar-refractivity contribution in [2.75, 3.05) is 23.3 Å². The number of carbonyl (C=O) groups excluding carboxylic acids is 1. The van der Waals surface area contributed by atoms with Crippen molar-refractivity contribution in [1.82, 2.24) is 14.8 Å². The number of nitrogens with zero attached hydrogens (tertiary/aromatic N) is 4. The standard InChI is InChI=1S/C20H22IN5OS/c1-14-11-18(19(27)22-16-7-5-15(21)6-8-16)26(24-14)12-17-13-28-20(23-17)25-9-3-2-4-10-25/h5-8,11,13H,2-4,9-10,12H2,1H3,(H,22,27). The molecule has 1 saturated heterocycles. The Morgan fingerprint density at radius 3 is 2.71 bits per heavy atom. The largest absolute Gasteiger partial charge is 0.348 e. The van der Waals surface area contributed by atoms with Gasteiger partial charge in [0.05, 0.1) is 17.9 Å². The highest BCUT2D eigenvalue weighted by Crippen LogP contribution is 2.24. The number of carbonyl (C=O) groups is 1. The number of rotatable bonds is 5. The molecule has 1 amide bonds. The number of aromatic nitrogens is 3. The summed E-state index contributed by atoms with van der Waals surface area (Å²) in [4.78, 5) is 19.9. The van der Waals surface area contributed by atoms with Crippen LogP contribution in [0.15, 0.2) is 35.7 Å². The van der Waals surface area contributed by atoms with Crippen molar-refractivity contribution >= 4 is 50.7 Å². The molecule has 0 saturated carbocycles. The van der Waals surface area contributed by atoms with E-state index < -0.39 is 0 Å². The Morgan fingerprint density at radius 2 is 1.96 bits per heavy atom. The van der Waals surface area contributed by atoms with Crippen LogP contribution in [0.1, 0.15) is 41.1 Å². The van der Waals surface area contributed by atoms with Gasteiger partial charge in [0, 0.05) is 27.7 Å². The minimum atomic E-state index is -0.159. The Morgan fingerprint density at radius 1 is 1.21 bits per heavy atom. The quantitative estimate of drug-likeness (QED) is 0.515. The lowest BCUT2D eigenvalue weighted by Gasteiger charge is -2.25. The Bertz CT molecular complexity index is 959. The third-order valence-corrected chi connectivity index (χ3v) is 6.38.